The molecule has 1 aromatic carbocycles. The van der Waals surface area contributed by atoms with Crippen LogP contribution < -0.4 is 10.1 Å². The van der Waals surface area contributed by atoms with Crippen LogP contribution in [0, 0.1) is 5.92 Å². The molecule has 1 heterocycles. The van der Waals surface area contributed by atoms with Crippen LogP contribution in [0.25, 0.3) is 0 Å². The SMILES string of the molecule is CNCC1CCCN(Cc2cc(C=O)ccc2OC)C1. The van der Waals surface area contributed by atoms with E-state index >= 15 is 0 Å². The van der Waals surface area contributed by atoms with Gasteiger partial charge in [-0.05, 0) is 57.1 Å². The Bertz CT molecular complexity index is 446. The topological polar surface area (TPSA) is 41.6 Å². The molecule has 1 N–H and O–H groups in total. The van der Waals surface area contributed by atoms with Gasteiger partial charge in [0.25, 0.3) is 0 Å². The van der Waals surface area contributed by atoms with Gasteiger partial charge in [-0.25, -0.2) is 0 Å². The standard InChI is InChI=1S/C16H24N2O2/c1-17-9-14-4-3-7-18(10-14)11-15-8-13(12-19)5-6-16(15)20-2/h5-6,8,12,14,17H,3-4,7,9-11H2,1-2H3. The highest BCUT2D eigenvalue weighted by Gasteiger charge is 2.20. The van der Waals surface area contributed by atoms with Gasteiger partial charge < -0.3 is 10.1 Å². The molecule has 110 valence electrons. The summed E-state index contributed by atoms with van der Waals surface area (Å²) in [7, 11) is 3.69. The van der Waals surface area contributed by atoms with Gasteiger partial charge in [-0.15, -0.1) is 0 Å². The van der Waals surface area contributed by atoms with Crippen molar-refractivity contribution < 1.29 is 9.53 Å². The lowest BCUT2D eigenvalue weighted by atomic mass is 9.97. The minimum absolute atomic E-state index is 0.713. The van der Waals surface area contributed by atoms with E-state index in [4.69, 9.17) is 4.74 Å². The van der Waals surface area contributed by atoms with Gasteiger partial charge in [0.05, 0.1) is 7.11 Å². The first-order valence-electron chi connectivity index (χ1n) is 7.26. The van der Waals surface area contributed by atoms with Crippen LogP contribution in [0.1, 0.15) is 28.8 Å². The molecule has 0 radical (unpaired) electrons. The van der Waals surface area contributed by atoms with Crippen molar-refractivity contribution in [2.75, 3.05) is 33.8 Å². The molecule has 1 aliphatic rings. The van der Waals surface area contributed by atoms with Crippen molar-refractivity contribution in [3.05, 3.63) is 29.3 Å². The predicted molar refractivity (Wildman–Crippen MR) is 80.3 cm³/mol. The summed E-state index contributed by atoms with van der Waals surface area (Å²) in [6, 6.07) is 5.62. The van der Waals surface area contributed by atoms with E-state index in [1.165, 1.54) is 12.8 Å². The number of aldehydes is 1. The van der Waals surface area contributed by atoms with Crippen molar-refractivity contribution in [3.8, 4) is 5.75 Å². The Morgan fingerprint density at radius 2 is 2.35 bits per heavy atom. The van der Waals surface area contributed by atoms with Gasteiger partial charge in [-0.2, -0.15) is 0 Å². The van der Waals surface area contributed by atoms with Gasteiger partial charge in [0.2, 0.25) is 0 Å². The second kappa shape index (κ2) is 7.41. The average molecular weight is 276 g/mol. The minimum Gasteiger partial charge on any atom is -0.496 e. The summed E-state index contributed by atoms with van der Waals surface area (Å²) in [5.41, 5.74) is 1.81. The molecule has 0 saturated carbocycles. The van der Waals surface area contributed by atoms with E-state index in [9.17, 15) is 4.79 Å². The molecule has 4 heteroatoms. The number of carbonyl (C=O) groups excluding carboxylic acids is 1. The number of benzene rings is 1. The molecular weight excluding hydrogens is 252 g/mol. The van der Waals surface area contributed by atoms with Crippen molar-refractivity contribution in [2.45, 2.75) is 19.4 Å². The quantitative estimate of drug-likeness (QED) is 0.806. The van der Waals surface area contributed by atoms with Crippen LogP contribution in [0.4, 0.5) is 0 Å². The van der Waals surface area contributed by atoms with Crippen LogP contribution in [0.15, 0.2) is 18.2 Å². The van der Waals surface area contributed by atoms with E-state index < -0.39 is 0 Å². The van der Waals surface area contributed by atoms with Gasteiger partial charge >= 0.3 is 0 Å². The number of methoxy groups -OCH3 is 1. The molecule has 4 nitrogen and oxygen atoms in total. The number of ether oxygens (including phenoxy) is 1. The number of piperidine rings is 1. The molecule has 2 rings (SSSR count). The Labute approximate surface area is 121 Å². The van der Waals surface area contributed by atoms with Gasteiger partial charge in [-0.1, -0.05) is 0 Å². The fourth-order valence-corrected chi connectivity index (χ4v) is 2.99. The number of likely N-dealkylation sites (tertiary alicyclic amines) is 1. The first kappa shape index (κ1) is 15.0. The molecule has 0 spiro atoms. The largest absolute Gasteiger partial charge is 0.496 e. The maximum atomic E-state index is 10.9. The molecular formula is C16H24N2O2. The third kappa shape index (κ3) is 3.81. The average Bonchev–Trinajstić information content (AvgIpc) is 2.48. The molecule has 0 aliphatic carbocycles. The molecule has 0 aromatic heterocycles. The van der Waals surface area contributed by atoms with Crippen LogP contribution in [0.2, 0.25) is 0 Å². The molecule has 1 fully saturated rings. The van der Waals surface area contributed by atoms with E-state index in [0.717, 1.165) is 43.8 Å². The third-order valence-electron chi connectivity index (χ3n) is 3.93. The fourth-order valence-electron chi connectivity index (χ4n) is 2.99. The van der Waals surface area contributed by atoms with Crippen molar-refractivity contribution >= 4 is 6.29 Å². The van der Waals surface area contributed by atoms with E-state index in [0.29, 0.717) is 11.5 Å². The Hall–Kier alpha value is -1.39. The first-order chi connectivity index (χ1) is 9.76. The summed E-state index contributed by atoms with van der Waals surface area (Å²) in [6.07, 6.45) is 3.42. The van der Waals surface area contributed by atoms with Crippen molar-refractivity contribution in [2.24, 2.45) is 5.92 Å². The van der Waals surface area contributed by atoms with Crippen LogP contribution in [-0.4, -0.2) is 45.0 Å². The summed E-state index contributed by atoms with van der Waals surface area (Å²) >= 11 is 0. The number of nitrogens with zero attached hydrogens (tertiary/aromatic N) is 1. The normalized spacial score (nSPS) is 19.8. The molecule has 1 aromatic rings. The second-order valence-electron chi connectivity index (χ2n) is 5.49. The number of nitrogens with one attached hydrogen (secondary N) is 1. The molecule has 1 aliphatic heterocycles. The maximum absolute atomic E-state index is 10.9. The number of hydrogen-bond acceptors (Lipinski definition) is 4. The minimum atomic E-state index is 0.713. The van der Waals surface area contributed by atoms with E-state index in [2.05, 4.69) is 10.2 Å². The summed E-state index contributed by atoms with van der Waals surface area (Å²) < 4.78 is 5.41. The second-order valence-corrected chi connectivity index (χ2v) is 5.49. The Kier molecular flexibility index (Phi) is 5.56. The van der Waals surface area contributed by atoms with Gasteiger partial charge in [0, 0.05) is 24.2 Å². The van der Waals surface area contributed by atoms with E-state index in [1.807, 2.05) is 19.2 Å². The highest BCUT2D eigenvalue weighted by molar-refractivity contribution is 5.75. The van der Waals surface area contributed by atoms with Gasteiger partial charge in [0.15, 0.2) is 0 Å². The number of hydrogen-bond donors (Lipinski definition) is 1. The van der Waals surface area contributed by atoms with Crippen LogP contribution >= 0.6 is 0 Å². The molecule has 0 amide bonds. The summed E-state index contributed by atoms with van der Waals surface area (Å²) in [6.45, 7) is 4.15. The molecule has 0 bridgehead atoms. The summed E-state index contributed by atoms with van der Waals surface area (Å²) in [5.74, 6) is 1.58. The van der Waals surface area contributed by atoms with Gasteiger partial charge in [-0.3, -0.25) is 9.69 Å². The Morgan fingerprint density at radius 1 is 1.50 bits per heavy atom. The van der Waals surface area contributed by atoms with Crippen molar-refractivity contribution in [1.82, 2.24) is 10.2 Å². The summed E-state index contributed by atoms with van der Waals surface area (Å²) in [5, 5.41) is 3.26. The maximum Gasteiger partial charge on any atom is 0.150 e. The van der Waals surface area contributed by atoms with Crippen molar-refractivity contribution in [3.63, 3.8) is 0 Å². The Morgan fingerprint density at radius 3 is 3.05 bits per heavy atom. The third-order valence-corrected chi connectivity index (χ3v) is 3.93. The fraction of sp³-hybridized carbons (Fsp3) is 0.562. The van der Waals surface area contributed by atoms with Crippen LogP contribution in [-0.2, 0) is 6.54 Å². The molecule has 1 atom stereocenters. The lowest BCUT2D eigenvalue weighted by Crippen LogP contribution is -2.38. The smallest absolute Gasteiger partial charge is 0.150 e. The zero-order valence-corrected chi connectivity index (χ0v) is 12.4. The zero-order valence-electron chi connectivity index (χ0n) is 12.4. The molecule has 1 saturated heterocycles. The number of carbonyl (C=O) groups is 1. The molecule has 1 unspecified atom stereocenters. The Balaban J connectivity index is 2.06. The van der Waals surface area contributed by atoms with Gasteiger partial charge in [0.1, 0.15) is 12.0 Å². The van der Waals surface area contributed by atoms with E-state index in [1.54, 1.807) is 13.2 Å². The van der Waals surface area contributed by atoms with E-state index in [-0.39, 0.29) is 0 Å². The van der Waals surface area contributed by atoms with Crippen LogP contribution in [0.3, 0.4) is 0 Å². The predicted octanol–water partition coefficient (Wildman–Crippen LogP) is 1.94. The highest BCUT2D eigenvalue weighted by Crippen LogP contribution is 2.24. The van der Waals surface area contributed by atoms with Crippen molar-refractivity contribution in [1.29, 1.82) is 0 Å². The lowest BCUT2D eigenvalue weighted by Gasteiger charge is -2.33. The monoisotopic (exact) mass is 276 g/mol. The zero-order chi connectivity index (χ0) is 14.4. The first-order valence-corrected chi connectivity index (χ1v) is 7.26. The summed E-state index contributed by atoms with van der Waals surface area (Å²) in [4.78, 5) is 13.4. The number of rotatable bonds is 6. The lowest BCUT2D eigenvalue weighted by molar-refractivity contribution is 0.112. The van der Waals surface area contributed by atoms with Crippen LogP contribution in [0.5, 0.6) is 5.75 Å². The molecule has 20 heavy (non-hydrogen) atoms. The highest BCUT2D eigenvalue weighted by atomic mass is 16.5.